The molecule has 0 aliphatic carbocycles. The number of rotatable bonds is 1. The molecule has 3 nitrogen and oxygen atoms in total. The van der Waals surface area contributed by atoms with Gasteiger partial charge in [-0.3, -0.25) is 0 Å². The smallest absolute Gasteiger partial charge is 0.283 e. The van der Waals surface area contributed by atoms with Crippen LogP contribution in [0.3, 0.4) is 0 Å². The van der Waals surface area contributed by atoms with Crippen LogP contribution in [-0.4, -0.2) is 18.8 Å². The van der Waals surface area contributed by atoms with Crippen molar-refractivity contribution in [3.8, 4) is 0 Å². The zero-order valence-electron chi connectivity index (χ0n) is 8.78. The summed E-state index contributed by atoms with van der Waals surface area (Å²) in [6.45, 7) is 1.30. The van der Waals surface area contributed by atoms with Crippen LogP contribution in [0, 0.1) is 5.82 Å². The van der Waals surface area contributed by atoms with Gasteiger partial charge in [0.2, 0.25) is 0 Å². The molecule has 1 heterocycles. The van der Waals surface area contributed by atoms with Crippen LogP contribution in [-0.2, 0) is 10.3 Å². The molecule has 1 aliphatic rings. The van der Waals surface area contributed by atoms with Gasteiger partial charge in [0.05, 0.1) is 0 Å². The van der Waals surface area contributed by atoms with Crippen molar-refractivity contribution in [3.05, 3.63) is 35.6 Å². The van der Waals surface area contributed by atoms with Gasteiger partial charge in [-0.1, -0.05) is 18.2 Å². The Balaban J connectivity index is 2.52. The third-order valence-electron chi connectivity index (χ3n) is 2.75. The van der Waals surface area contributed by atoms with E-state index < -0.39 is 17.5 Å². The second kappa shape index (κ2) is 3.73. The predicted molar refractivity (Wildman–Crippen MR) is 56.2 cm³/mol. The average molecular weight is 226 g/mol. The van der Waals surface area contributed by atoms with Gasteiger partial charge in [0.25, 0.3) is 6.02 Å². The van der Waals surface area contributed by atoms with E-state index in [2.05, 4.69) is 4.99 Å². The van der Waals surface area contributed by atoms with Gasteiger partial charge >= 0.3 is 0 Å². The maximum Gasteiger partial charge on any atom is 0.283 e. The number of hydrogen-bond donors (Lipinski definition) is 1. The van der Waals surface area contributed by atoms with Gasteiger partial charge < -0.3 is 10.5 Å². The number of amidine groups is 1. The number of alkyl halides is 1. The lowest BCUT2D eigenvalue weighted by Crippen LogP contribution is -2.43. The first-order chi connectivity index (χ1) is 7.54. The molecule has 0 amide bonds. The van der Waals surface area contributed by atoms with Crippen molar-refractivity contribution in [1.82, 2.24) is 0 Å². The largest absolute Gasteiger partial charge is 0.462 e. The molecule has 0 saturated carbocycles. The van der Waals surface area contributed by atoms with Gasteiger partial charge in [0.15, 0.2) is 6.17 Å². The monoisotopic (exact) mass is 226 g/mol. The van der Waals surface area contributed by atoms with E-state index in [0.29, 0.717) is 0 Å². The van der Waals surface area contributed by atoms with Gasteiger partial charge in [0, 0.05) is 5.56 Å². The van der Waals surface area contributed by atoms with Crippen molar-refractivity contribution in [2.45, 2.75) is 18.6 Å². The molecule has 16 heavy (non-hydrogen) atoms. The predicted octanol–water partition coefficient (Wildman–Crippen LogP) is 1.72. The number of aliphatic imine (C=N–C) groups is 1. The Morgan fingerprint density at radius 3 is 2.88 bits per heavy atom. The standard InChI is InChI=1S/C11H12F2N2O/c1-11(7-4-2-3-5-8(7)12)9(13)6-16-10(14)15-11/h2-5,9H,6H2,1H3,(H2,14,15)/t9-,11+/m0/s1. The molecule has 0 spiro atoms. The normalized spacial score (nSPS) is 29.4. The molecule has 2 atom stereocenters. The highest BCUT2D eigenvalue weighted by molar-refractivity contribution is 5.73. The zero-order valence-corrected chi connectivity index (χ0v) is 8.78. The number of ether oxygens (including phenoxy) is 1. The Labute approximate surface area is 91.9 Å². The molecule has 0 fully saturated rings. The van der Waals surface area contributed by atoms with Gasteiger partial charge in [-0.2, -0.15) is 0 Å². The SMILES string of the molecule is C[C@]1(c2ccccc2F)N=C(N)OC[C@@H]1F. The van der Waals surface area contributed by atoms with E-state index in [0.717, 1.165) is 0 Å². The number of halogens is 2. The van der Waals surface area contributed by atoms with E-state index in [1.165, 1.54) is 19.1 Å². The minimum absolute atomic E-state index is 0.111. The van der Waals surface area contributed by atoms with Crippen LogP contribution in [0.4, 0.5) is 8.78 Å². The van der Waals surface area contributed by atoms with E-state index in [4.69, 9.17) is 10.5 Å². The first kappa shape index (κ1) is 10.9. The summed E-state index contributed by atoms with van der Waals surface area (Å²) in [6, 6.07) is 5.84. The van der Waals surface area contributed by atoms with Crippen molar-refractivity contribution >= 4 is 6.02 Å². The Bertz CT molecular complexity index is 436. The fraction of sp³-hybridized carbons (Fsp3) is 0.364. The summed E-state index contributed by atoms with van der Waals surface area (Å²) in [6.07, 6.45) is -1.42. The molecular formula is C11H12F2N2O. The van der Waals surface area contributed by atoms with Crippen LogP contribution in [0.5, 0.6) is 0 Å². The van der Waals surface area contributed by atoms with E-state index in [-0.39, 0.29) is 18.2 Å². The molecule has 0 aromatic heterocycles. The quantitative estimate of drug-likeness (QED) is 0.792. The van der Waals surface area contributed by atoms with Crippen LogP contribution in [0.1, 0.15) is 12.5 Å². The van der Waals surface area contributed by atoms with E-state index in [1.54, 1.807) is 12.1 Å². The van der Waals surface area contributed by atoms with Crippen LogP contribution in [0.2, 0.25) is 0 Å². The fourth-order valence-corrected chi connectivity index (χ4v) is 1.75. The lowest BCUT2D eigenvalue weighted by Gasteiger charge is -2.33. The second-order valence-electron chi connectivity index (χ2n) is 3.86. The molecule has 1 aromatic rings. The zero-order chi connectivity index (χ0) is 11.8. The Morgan fingerprint density at radius 1 is 1.50 bits per heavy atom. The van der Waals surface area contributed by atoms with Gasteiger partial charge in [-0.15, -0.1) is 0 Å². The van der Waals surface area contributed by atoms with Crippen LogP contribution < -0.4 is 5.73 Å². The van der Waals surface area contributed by atoms with E-state index >= 15 is 0 Å². The number of nitrogens with zero attached hydrogens (tertiary/aromatic N) is 1. The maximum absolute atomic E-state index is 13.8. The topological polar surface area (TPSA) is 47.6 Å². The van der Waals surface area contributed by atoms with Crippen LogP contribution >= 0.6 is 0 Å². The molecule has 86 valence electrons. The van der Waals surface area contributed by atoms with Gasteiger partial charge in [-0.05, 0) is 13.0 Å². The molecule has 2 N–H and O–H groups in total. The Hall–Kier alpha value is -1.65. The molecule has 1 aromatic carbocycles. The molecular weight excluding hydrogens is 214 g/mol. The Morgan fingerprint density at radius 2 is 2.19 bits per heavy atom. The third kappa shape index (κ3) is 1.62. The van der Waals surface area contributed by atoms with Crippen LogP contribution in [0.25, 0.3) is 0 Å². The number of nitrogens with two attached hydrogens (primary N) is 1. The summed E-state index contributed by atoms with van der Waals surface area (Å²) >= 11 is 0. The number of hydrogen-bond acceptors (Lipinski definition) is 3. The molecule has 0 bridgehead atoms. The molecule has 2 rings (SSSR count). The summed E-state index contributed by atoms with van der Waals surface area (Å²) in [5.41, 5.74) is 4.28. The molecule has 0 saturated heterocycles. The highest BCUT2D eigenvalue weighted by Crippen LogP contribution is 2.35. The first-order valence-electron chi connectivity index (χ1n) is 4.91. The van der Waals surface area contributed by atoms with Crippen molar-refractivity contribution in [2.24, 2.45) is 10.7 Å². The van der Waals surface area contributed by atoms with Crippen molar-refractivity contribution in [3.63, 3.8) is 0 Å². The third-order valence-corrected chi connectivity index (χ3v) is 2.75. The van der Waals surface area contributed by atoms with Crippen molar-refractivity contribution in [2.75, 3.05) is 6.61 Å². The lowest BCUT2D eigenvalue weighted by atomic mass is 9.87. The first-order valence-corrected chi connectivity index (χ1v) is 4.91. The van der Waals surface area contributed by atoms with Gasteiger partial charge in [-0.25, -0.2) is 13.8 Å². The van der Waals surface area contributed by atoms with Crippen LogP contribution in [0.15, 0.2) is 29.3 Å². The lowest BCUT2D eigenvalue weighted by molar-refractivity contribution is 0.0923. The molecule has 0 unspecified atom stereocenters. The summed E-state index contributed by atoms with van der Waals surface area (Å²) in [4.78, 5) is 3.88. The molecule has 0 radical (unpaired) electrons. The maximum atomic E-state index is 13.8. The minimum Gasteiger partial charge on any atom is -0.462 e. The summed E-state index contributed by atoms with van der Waals surface area (Å²) in [7, 11) is 0. The van der Waals surface area contributed by atoms with Crippen molar-refractivity contribution in [1.29, 1.82) is 0 Å². The minimum atomic E-state index is -1.42. The highest BCUT2D eigenvalue weighted by atomic mass is 19.1. The molecule has 1 aliphatic heterocycles. The highest BCUT2D eigenvalue weighted by Gasteiger charge is 2.42. The average Bonchev–Trinajstić information content (AvgIpc) is 2.24. The second-order valence-corrected chi connectivity index (χ2v) is 3.86. The number of benzene rings is 1. The fourth-order valence-electron chi connectivity index (χ4n) is 1.75. The molecule has 5 heteroatoms. The Kier molecular flexibility index (Phi) is 2.53. The van der Waals surface area contributed by atoms with Crippen molar-refractivity contribution < 1.29 is 13.5 Å². The summed E-state index contributed by atoms with van der Waals surface area (Å²) in [5.74, 6) is -0.494. The van der Waals surface area contributed by atoms with Gasteiger partial charge in [0.1, 0.15) is 18.0 Å². The summed E-state index contributed by atoms with van der Waals surface area (Å²) in [5, 5.41) is 0. The van der Waals surface area contributed by atoms with E-state index in [1.807, 2.05) is 0 Å². The summed E-state index contributed by atoms with van der Waals surface area (Å²) < 4.78 is 32.2. The van der Waals surface area contributed by atoms with E-state index in [9.17, 15) is 8.78 Å².